The molecule has 1 aliphatic carbocycles. The Hall–Kier alpha value is -3.64. The molecular formula is C29H30N4O2. The molecule has 0 unspecified atom stereocenters. The van der Waals surface area contributed by atoms with E-state index in [0.29, 0.717) is 23.0 Å². The third-order valence-corrected chi connectivity index (χ3v) is 7.94. The van der Waals surface area contributed by atoms with Crippen molar-refractivity contribution in [3.8, 4) is 0 Å². The summed E-state index contributed by atoms with van der Waals surface area (Å²) in [5.74, 6) is 0.0493. The van der Waals surface area contributed by atoms with Crippen LogP contribution in [0.3, 0.4) is 0 Å². The van der Waals surface area contributed by atoms with Crippen molar-refractivity contribution in [2.75, 3.05) is 0 Å². The molecule has 4 aromatic rings. The van der Waals surface area contributed by atoms with Crippen LogP contribution in [0.15, 0.2) is 54.9 Å². The lowest BCUT2D eigenvalue weighted by Crippen LogP contribution is -2.38. The van der Waals surface area contributed by atoms with Crippen molar-refractivity contribution in [3.05, 3.63) is 77.2 Å². The Bertz CT molecular complexity index is 1550. The second kappa shape index (κ2) is 7.95. The van der Waals surface area contributed by atoms with E-state index in [4.69, 9.17) is 5.73 Å². The van der Waals surface area contributed by atoms with Crippen molar-refractivity contribution >= 4 is 39.4 Å². The largest absolute Gasteiger partial charge is 0.350 e. The molecule has 4 heterocycles. The van der Waals surface area contributed by atoms with Crippen molar-refractivity contribution in [3.63, 3.8) is 0 Å². The molecule has 1 aliphatic heterocycles. The van der Waals surface area contributed by atoms with E-state index < -0.39 is 0 Å². The zero-order chi connectivity index (χ0) is 24.4. The van der Waals surface area contributed by atoms with E-state index in [1.807, 2.05) is 54.2 Å². The minimum Gasteiger partial charge on any atom is -0.350 e. The maximum absolute atomic E-state index is 13.4. The zero-order valence-electron chi connectivity index (χ0n) is 20.3. The van der Waals surface area contributed by atoms with Crippen molar-refractivity contribution in [2.45, 2.75) is 39.2 Å². The van der Waals surface area contributed by atoms with Crippen molar-refractivity contribution < 1.29 is 9.59 Å². The molecule has 0 fully saturated rings. The van der Waals surface area contributed by atoms with Crippen LogP contribution in [0.5, 0.6) is 0 Å². The molecule has 6 rings (SSSR count). The Morgan fingerprint density at radius 1 is 1.00 bits per heavy atom. The average Bonchev–Trinajstić information content (AvgIpc) is 3.46. The second-order valence-corrected chi connectivity index (χ2v) is 10.3. The number of fused-ring (bicyclic) bond motifs is 4. The van der Waals surface area contributed by atoms with E-state index in [-0.39, 0.29) is 17.9 Å². The molecule has 178 valence electrons. The highest BCUT2D eigenvalue weighted by Crippen LogP contribution is 2.43. The van der Waals surface area contributed by atoms with Gasteiger partial charge in [0.2, 0.25) is 0 Å². The van der Waals surface area contributed by atoms with Gasteiger partial charge in [0.05, 0.1) is 16.7 Å². The maximum atomic E-state index is 13.4. The monoisotopic (exact) mass is 466 g/mol. The topological polar surface area (TPSA) is 81.5 Å². The van der Waals surface area contributed by atoms with Crippen LogP contribution in [-0.4, -0.2) is 26.8 Å². The highest BCUT2D eigenvalue weighted by molar-refractivity contribution is 6.50. The average molecular weight is 467 g/mol. The lowest BCUT2D eigenvalue weighted by Gasteiger charge is -2.31. The van der Waals surface area contributed by atoms with Gasteiger partial charge >= 0.3 is 0 Å². The minimum absolute atomic E-state index is 0.0876. The molecule has 0 radical (unpaired) electrons. The summed E-state index contributed by atoms with van der Waals surface area (Å²) in [6, 6.07) is 14.1. The fraction of sp³-hybridized carbons (Fsp3) is 0.310. The van der Waals surface area contributed by atoms with Gasteiger partial charge in [-0.05, 0) is 54.9 Å². The number of amides is 2. The van der Waals surface area contributed by atoms with E-state index in [2.05, 4.69) is 35.8 Å². The number of nitrogens with zero attached hydrogens (tertiary/aromatic N) is 2. The summed E-state index contributed by atoms with van der Waals surface area (Å²) in [6.45, 7) is 4.34. The second-order valence-electron chi connectivity index (χ2n) is 10.3. The number of aryl methyl sites for hydroxylation is 2. The SMILES string of the molecule is CC(C)[C@@H](N)[C@H]1CCc2c(c(C3=C(c4cn(C)c5ccccc45)C(=O)NC3=O)c3ccccn23)C1. The first-order valence-corrected chi connectivity index (χ1v) is 12.4. The molecule has 1 aromatic carbocycles. The minimum atomic E-state index is -0.336. The highest BCUT2D eigenvalue weighted by atomic mass is 16.2. The Kier molecular flexibility index (Phi) is 4.97. The van der Waals surface area contributed by atoms with Gasteiger partial charge in [0, 0.05) is 53.2 Å². The molecule has 6 nitrogen and oxygen atoms in total. The summed E-state index contributed by atoms with van der Waals surface area (Å²) in [6.07, 6.45) is 6.75. The van der Waals surface area contributed by atoms with Crippen molar-refractivity contribution in [2.24, 2.45) is 24.6 Å². The van der Waals surface area contributed by atoms with Crippen LogP contribution in [-0.2, 0) is 29.5 Å². The van der Waals surface area contributed by atoms with Crippen LogP contribution in [0.25, 0.3) is 27.6 Å². The fourth-order valence-corrected chi connectivity index (χ4v) is 6.15. The van der Waals surface area contributed by atoms with Crippen LogP contribution in [0.2, 0.25) is 0 Å². The number of imide groups is 1. The van der Waals surface area contributed by atoms with Gasteiger partial charge in [-0.2, -0.15) is 0 Å². The number of nitrogens with one attached hydrogen (secondary N) is 1. The van der Waals surface area contributed by atoms with Gasteiger partial charge in [0.25, 0.3) is 11.8 Å². The van der Waals surface area contributed by atoms with Crippen molar-refractivity contribution in [1.82, 2.24) is 14.3 Å². The number of carbonyl (C=O) groups is 2. The standard InChI is InChI=1S/C29H30N4O2/c1-16(2)27(30)17-11-12-22-19(14-17)24(23-10-6-7-13-33(22)23)26-25(28(34)31-29(26)35)20-15-32(3)21-9-5-4-8-18(20)21/h4-10,13,15-17,27H,11-12,14,30H2,1-3H3,(H,31,34,35)/t17-,27+/m0/s1. The first kappa shape index (κ1) is 21.9. The van der Waals surface area contributed by atoms with E-state index in [9.17, 15) is 9.59 Å². The summed E-state index contributed by atoms with van der Waals surface area (Å²) in [5.41, 5.74) is 13.6. The molecule has 2 atom stereocenters. The summed E-state index contributed by atoms with van der Waals surface area (Å²) < 4.78 is 4.21. The van der Waals surface area contributed by atoms with Gasteiger partial charge in [-0.25, -0.2) is 0 Å². The number of rotatable bonds is 4. The molecule has 2 amide bonds. The Morgan fingerprint density at radius 2 is 1.71 bits per heavy atom. The van der Waals surface area contributed by atoms with E-state index in [0.717, 1.165) is 52.4 Å². The summed E-state index contributed by atoms with van der Waals surface area (Å²) in [4.78, 5) is 26.7. The summed E-state index contributed by atoms with van der Waals surface area (Å²) in [7, 11) is 1.97. The number of carbonyl (C=O) groups excluding carboxylic acids is 2. The number of nitrogens with two attached hydrogens (primary N) is 1. The summed E-state index contributed by atoms with van der Waals surface area (Å²) >= 11 is 0. The van der Waals surface area contributed by atoms with E-state index in [1.54, 1.807) is 0 Å². The van der Waals surface area contributed by atoms with E-state index >= 15 is 0 Å². The first-order chi connectivity index (χ1) is 16.9. The fourth-order valence-electron chi connectivity index (χ4n) is 6.15. The number of benzene rings is 1. The van der Waals surface area contributed by atoms with Crippen LogP contribution < -0.4 is 11.1 Å². The Balaban J connectivity index is 1.65. The number of hydrogen-bond donors (Lipinski definition) is 2. The van der Waals surface area contributed by atoms with Crippen LogP contribution in [0.1, 0.15) is 42.7 Å². The predicted octanol–water partition coefficient (Wildman–Crippen LogP) is 4.09. The molecule has 2 aliphatic rings. The molecule has 0 spiro atoms. The third-order valence-electron chi connectivity index (χ3n) is 7.94. The molecular weight excluding hydrogens is 436 g/mol. The molecule has 0 saturated heterocycles. The van der Waals surface area contributed by atoms with Gasteiger partial charge in [-0.1, -0.05) is 38.1 Å². The smallest absolute Gasteiger partial charge is 0.259 e. The molecule has 3 aromatic heterocycles. The zero-order valence-corrected chi connectivity index (χ0v) is 20.3. The lowest BCUT2D eigenvalue weighted by molar-refractivity contribution is -0.122. The van der Waals surface area contributed by atoms with Gasteiger partial charge in [-0.3, -0.25) is 14.9 Å². The highest BCUT2D eigenvalue weighted by Gasteiger charge is 2.39. The number of pyridine rings is 1. The Labute approximate surface area is 204 Å². The van der Waals surface area contributed by atoms with Gasteiger partial charge in [0.1, 0.15) is 0 Å². The molecule has 0 bridgehead atoms. The van der Waals surface area contributed by atoms with Gasteiger partial charge in [-0.15, -0.1) is 0 Å². The summed E-state index contributed by atoms with van der Waals surface area (Å²) in [5, 5.41) is 3.57. The quantitative estimate of drug-likeness (QED) is 0.445. The number of para-hydroxylation sites is 1. The van der Waals surface area contributed by atoms with E-state index in [1.165, 1.54) is 5.69 Å². The maximum Gasteiger partial charge on any atom is 0.259 e. The first-order valence-electron chi connectivity index (χ1n) is 12.4. The van der Waals surface area contributed by atoms with Crippen LogP contribution in [0.4, 0.5) is 0 Å². The third kappa shape index (κ3) is 3.20. The molecule has 3 N–H and O–H groups in total. The Morgan fingerprint density at radius 3 is 2.51 bits per heavy atom. The van der Waals surface area contributed by atoms with Crippen molar-refractivity contribution in [1.29, 1.82) is 0 Å². The normalized spacial score (nSPS) is 19.2. The molecule has 0 saturated carbocycles. The number of hydrogen-bond acceptors (Lipinski definition) is 3. The lowest BCUT2D eigenvalue weighted by atomic mass is 9.77. The predicted molar refractivity (Wildman–Crippen MR) is 139 cm³/mol. The van der Waals surface area contributed by atoms with Crippen LogP contribution in [0, 0.1) is 11.8 Å². The molecule has 6 heteroatoms. The van der Waals surface area contributed by atoms with Crippen LogP contribution >= 0.6 is 0 Å². The molecule has 35 heavy (non-hydrogen) atoms. The van der Waals surface area contributed by atoms with Gasteiger partial charge < -0.3 is 14.7 Å². The number of aromatic nitrogens is 2. The van der Waals surface area contributed by atoms with Gasteiger partial charge in [0.15, 0.2) is 0 Å².